The van der Waals surface area contributed by atoms with Crippen LogP contribution in [0.25, 0.3) is 9.88 Å². The number of carbonyl (C=O) groups excluding carboxylic acids is 1. The number of nitrogens with one attached hydrogen (secondary N) is 1. The number of hydrogen-bond donors (Lipinski definition) is 1. The van der Waals surface area contributed by atoms with Crippen LogP contribution in [0.15, 0.2) is 23.7 Å². The molecule has 1 fully saturated rings. The van der Waals surface area contributed by atoms with Gasteiger partial charge >= 0.3 is 0 Å². The summed E-state index contributed by atoms with van der Waals surface area (Å²) in [7, 11) is 0. The fraction of sp³-hybridized carbons (Fsp3) is 0.467. The molecule has 20 heavy (non-hydrogen) atoms. The zero-order valence-electron chi connectivity index (χ0n) is 11.5. The second-order valence-corrected chi connectivity index (χ2v) is 7.33. The second-order valence-electron chi connectivity index (χ2n) is 5.35. The first-order valence-electron chi connectivity index (χ1n) is 7.04. The molecule has 0 aliphatic heterocycles. The van der Waals surface area contributed by atoms with Gasteiger partial charge in [0.05, 0.1) is 11.1 Å². The van der Waals surface area contributed by atoms with Crippen LogP contribution >= 0.6 is 22.7 Å². The van der Waals surface area contributed by atoms with Crippen molar-refractivity contribution >= 4 is 28.6 Å². The monoisotopic (exact) mass is 306 g/mol. The highest BCUT2D eigenvalue weighted by atomic mass is 32.1. The topological polar surface area (TPSA) is 42.0 Å². The van der Waals surface area contributed by atoms with Crippen LogP contribution in [-0.2, 0) is 0 Å². The fourth-order valence-electron chi connectivity index (χ4n) is 2.66. The number of nitrogens with zero attached hydrogens (tertiary/aromatic N) is 1. The number of aromatic nitrogens is 1. The number of thiazole rings is 1. The largest absolute Gasteiger partial charge is 0.348 e. The molecule has 2 aromatic rings. The molecule has 0 aromatic carbocycles. The van der Waals surface area contributed by atoms with E-state index in [1.165, 1.54) is 30.6 Å². The molecule has 1 saturated carbocycles. The molecule has 1 aliphatic carbocycles. The third kappa shape index (κ3) is 2.94. The number of amides is 1. The molecule has 1 aliphatic rings. The van der Waals surface area contributed by atoms with Gasteiger partial charge in [-0.1, -0.05) is 25.8 Å². The molecular weight excluding hydrogens is 288 g/mol. The van der Waals surface area contributed by atoms with E-state index in [4.69, 9.17) is 0 Å². The van der Waals surface area contributed by atoms with Gasteiger partial charge in [0.25, 0.3) is 5.91 Å². The van der Waals surface area contributed by atoms with Crippen LogP contribution in [0.2, 0.25) is 0 Å². The van der Waals surface area contributed by atoms with Crippen molar-refractivity contribution in [3.8, 4) is 9.88 Å². The van der Waals surface area contributed by atoms with Crippen molar-refractivity contribution in [2.75, 3.05) is 0 Å². The van der Waals surface area contributed by atoms with E-state index >= 15 is 0 Å². The molecule has 0 saturated heterocycles. The van der Waals surface area contributed by atoms with Gasteiger partial charge in [-0.3, -0.25) is 4.79 Å². The quantitative estimate of drug-likeness (QED) is 0.924. The maximum Gasteiger partial charge on any atom is 0.263 e. The molecule has 0 radical (unpaired) electrons. The highest BCUT2D eigenvalue weighted by Gasteiger charge is 2.24. The smallest absolute Gasteiger partial charge is 0.263 e. The van der Waals surface area contributed by atoms with Crippen molar-refractivity contribution in [3.05, 3.63) is 28.6 Å². The standard InChI is InChI=1S/C15H18N2OS2/c1-10-5-2-3-6-11(10)17-14(18)13-9-16-15(20-13)12-7-4-8-19-12/h4,7-11H,2-3,5-6H2,1H3,(H,17,18). The summed E-state index contributed by atoms with van der Waals surface area (Å²) in [6.45, 7) is 2.23. The molecular formula is C15H18N2OS2. The summed E-state index contributed by atoms with van der Waals surface area (Å²) in [5, 5.41) is 6.14. The average molecular weight is 306 g/mol. The fourth-order valence-corrected chi connectivity index (χ4v) is 4.29. The van der Waals surface area contributed by atoms with Crippen LogP contribution in [0.3, 0.4) is 0 Å². The zero-order chi connectivity index (χ0) is 13.9. The maximum absolute atomic E-state index is 12.3. The Morgan fingerprint density at radius 1 is 1.40 bits per heavy atom. The first-order valence-corrected chi connectivity index (χ1v) is 8.74. The van der Waals surface area contributed by atoms with E-state index in [0.717, 1.165) is 16.3 Å². The summed E-state index contributed by atoms with van der Waals surface area (Å²) in [5.41, 5.74) is 0. The van der Waals surface area contributed by atoms with E-state index in [-0.39, 0.29) is 5.91 Å². The molecule has 2 heterocycles. The summed E-state index contributed by atoms with van der Waals surface area (Å²) in [4.78, 5) is 18.5. The van der Waals surface area contributed by atoms with Gasteiger partial charge in [-0.25, -0.2) is 4.98 Å². The number of hydrogen-bond acceptors (Lipinski definition) is 4. The summed E-state index contributed by atoms with van der Waals surface area (Å²) in [6.07, 6.45) is 6.52. The van der Waals surface area contributed by atoms with Gasteiger partial charge in [0.15, 0.2) is 0 Å². The van der Waals surface area contributed by atoms with E-state index < -0.39 is 0 Å². The van der Waals surface area contributed by atoms with E-state index in [1.54, 1.807) is 17.5 Å². The molecule has 1 N–H and O–H groups in total. The molecule has 0 spiro atoms. The van der Waals surface area contributed by atoms with E-state index in [9.17, 15) is 4.79 Å². The van der Waals surface area contributed by atoms with Crippen molar-refractivity contribution in [1.29, 1.82) is 0 Å². The minimum absolute atomic E-state index is 0.0315. The lowest BCUT2D eigenvalue weighted by Gasteiger charge is -2.29. The molecule has 2 atom stereocenters. The molecule has 2 unspecified atom stereocenters. The van der Waals surface area contributed by atoms with Gasteiger partial charge in [0.1, 0.15) is 9.88 Å². The molecule has 0 bridgehead atoms. The molecule has 3 rings (SSSR count). The normalized spacial score (nSPS) is 22.6. The number of rotatable bonds is 3. The van der Waals surface area contributed by atoms with Crippen LogP contribution in [0.1, 0.15) is 42.3 Å². The van der Waals surface area contributed by atoms with Crippen molar-refractivity contribution in [2.45, 2.75) is 38.6 Å². The molecule has 5 heteroatoms. The predicted molar refractivity (Wildman–Crippen MR) is 84.3 cm³/mol. The van der Waals surface area contributed by atoms with Crippen LogP contribution in [0.4, 0.5) is 0 Å². The summed E-state index contributed by atoms with van der Waals surface area (Å²) in [5.74, 6) is 0.612. The summed E-state index contributed by atoms with van der Waals surface area (Å²) < 4.78 is 0. The van der Waals surface area contributed by atoms with Gasteiger partial charge in [-0.05, 0) is 30.2 Å². The highest BCUT2D eigenvalue weighted by molar-refractivity contribution is 7.21. The predicted octanol–water partition coefficient (Wildman–Crippen LogP) is 4.18. The van der Waals surface area contributed by atoms with Gasteiger partial charge in [-0.15, -0.1) is 22.7 Å². The SMILES string of the molecule is CC1CCCCC1NC(=O)c1cnc(-c2cccs2)s1. The van der Waals surface area contributed by atoms with Gasteiger partial charge < -0.3 is 5.32 Å². The Morgan fingerprint density at radius 2 is 2.25 bits per heavy atom. The second kappa shape index (κ2) is 6.06. The summed E-state index contributed by atoms with van der Waals surface area (Å²) in [6, 6.07) is 4.36. The Labute approximate surface area is 127 Å². The minimum atomic E-state index is 0.0315. The lowest BCUT2D eigenvalue weighted by atomic mass is 9.86. The molecule has 3 nitrogen and oxygen atoms in total. The van der Waals surface area contributed by atoms with Gasteiger partial charge in [0, 0.05) is 6.04 Å². The Hall–Kier alpha value is -1.20. The highest BCUT2D eigenvalue weighted by Crippen LogP contribution is 2.29. The van der Waals surface area contributed by atoms with Crippen molar-refractivity contribution in [1.82, 2.24) is 10.3 Å². The molecule has 106 valence electrons. The van der Waals surface area contributed by atoms with Crippen LogP contribution in [-0.4, -0.2) is 16.9 Å². The van der Waals surface area contributed by atoms with Crippen LogP contribution in [0.5, 0.6) is 0 Å². The minimum Gasteiger partial charge on any atom is -0.348 e. The first kappa shape index (κ1) is 13.8. The zero-order valence-corrected chi connectivity index (χ0v) is 13.1. The number of carbonyl (C=O) groups is 1. The van der Waals surface area contributed by atoms with E-state index in [1.807, 2.05) is 17.5 Å². The third-order valence-electron chi connectivity index (χ3n) is 3.89. The lowest BCUT2D eigenvalue weighted by molar-refractivity contribution is 0.0914. The van der Waals surface area contributed by atoms with Gasteiger partial charge in [-0.2, -0.15) is 0 Å². The Kier molecular flexibility index (Phi) is 4.17. The molecule has 2 aromatic heterocycles. The average Bonchev–Trinajstić information content (AvgIpc) is 3.11. The Morgan fingerprint density at radius 3 is 3.00 bits per heavy atom. The van der Waals surface area contributed by atoms with Crippen LogP contribution < -0.4 is 5.32 Å². The summed E-state index contributed by atoms with van der Waals surface area (Å²) >= 11 is 3.13. The van der Waals surface area contributed by atoms with Crippen LogP contribution in [0, 0.1) is 5.92 Å². The first-order chi connectivity index (χ1) is 9.74. The van der Waals surface area contributed by atoms with Crippen molar-refractivity contribution in [3.63, 3.8) is 0 Å². The van der Waals surface area contributed by atoms with E-state index in [2.05, 4.69) is 17.2 Å². The number of thiophene rings is 1. The lowest BCUT2D eigenvalue weighted by Crippen LogP contribution is -2.40. The van der Waals surface area contributed by atoms with E-state index in [0.29, 0.717) is 16.8 Å². The Bertz CT molecular complexity index is 576. The van der Waals surface area contributed by atoms with Crippen molar-refractivity contribution < 1.29 is 4.79 Å². The third-order valence-corrected chi connectivity index (χ3v) is 5.92. The Balaban J connectivity index is 1.68. The van der Waals surface area contributed by atoms with Gasteiger partial charge in [0.2, 0.25) is 0 Å². The van der Waals surface area contributed by atoms with Crippen molar-refractivity contribution in [2.24, 2.45) is 5.92 Å². The maximum atomic E-state index is 12.3. The molecule has 1 amide bonds.